The van der Waals surface area contributed by atoms with E-state index < -0.39 is 12.1 Å². The number of hydrogen-bond acceptors (Lipinski definition) is 4. The molecule has 4 bridgehead atoms. The first-order chi connectivity index (χ1) is 22.5. The SMILES string of the molecule is O=C(N[C@H](Cc1ccc(OCc2ccccc2)cc1)C(=O)Nc1ccc(C23CC4CC(CC(C4)C2)C3)cc1)OCc1ccccc1. The molecule has 4 aromatic carbocycles. The maximum atomic E-state index is 13.7. The van der Waals surface area contributed by atoms with Crippen LogP contribution in [0.2, 0.25) is 0 Å². The number of benzene rings is 4. The molecule has 6 heteroatoms. The van der Waals surface area contributed by atoms with Gasteiger partial charge in [0.2, 0.25) is 5.91 Å². The van der Waals surface area contributed by atoms with Crippen LogP contribution in [0, 0.1) is 17.8 Å². The Hall–Kier alpha value is -4.58. The number of carbonyl (C=O) groups excluding carboxylic acids is 2. The van der Waals surface area contributed by atoms with Gasteiger partial charge in [-0.1, -0.05) is 84.9 Å². The highest BCUT2D eigenvalue weighted by molar-refractivity contribution is 5.96. The molecule has 1 atom stereocenters. The van der Waals surface area contributed by atoms with E-state index in [4.69, 9.17) is 9.47 Å². The minimum absolute atomic E-state index is 0.125. The second kappa shape index (κ2) is 13.4. The van der Waals surface area contributed by atoms with E-state index in [2.05, 4.69) is 22.8 Å². The van der Waals surface area contributed by atoms with Gasteiger partial charge in [0.25, 0.3) is 0 Å². The van der Waals surface area contributed by atoms with Crippen LogP contribution in [0.25, 0.3) is 0 Å². The van der Waals surface area contributed by atoms with Crippen LogP contribution in [0.4, 0.5) is 10.5 Å². The van der Waals surface area contributed by atoms with Gasteiger partial charge in [-0.2, -0.15) is 0 Å². The number of carbonyl (C=O) groups is 2. The zero-order valence-electron chi connectivity index (χ0n) is 26.2. The maximum absolute atomic E-state index is 13.7. The predicted molar refractivity (Wildman–Crippen MR) is 179 cm³/mol. The van der Waals surface area contributed by atoms with Crippen molar-refractivity contribution in [3.05, 3.63) is 131 Å². The quantitative estimate of drug-likeness (QED) is 0.179. The van der Waals surface area contributed by atoms with Crippen molar-refractivity contribution in [3.8, 4) is 5.75 Å². The molecule has 2 amide bonds. The monoisotopic (exact) mass is 614 g/mol. The number of ether oxygens (including phenoxy) is 2. The summed E-state index contributed by atoms with van der Waals surface area (Å²) in [6.45, 7) is 0.599. The molecule has 0 heterocycles. The smallest absolute Gasteiger partial charge is 0.408 e. The number of nitrogens with one attached hydrogen (secondary N) is 2. The molecular formula is C40H42N2O4. The van der Waals surface area contributed by atoms with E-state index in [1.54, 1.807) is 0 Å². The summed E-state index contributed by atoms with van der Waals surface area (Å²) in [5.41, 5.74) is 5.32. The highest BCUT2D eigenvalue weighted by atomic mass is 16.5. The molecular weight excluding hydrogens is 572 g/mol. The summed E-state index contributed by atoms with van der Waals surface area (Å²) in [4.78, 5) is 26.5. The summed E-state index contributed by atoms with van der Waals surface area (Å²) in [5.74, 6) is 3.09. The van der Waals surface area contributed by atoms with Crippen molar-refractivity contribution in [2.75, 3.05) is 5.32 Å². The standard InChI is InChI=1S/C40H42N2O4/c43-38(41-35-15-13-34(14-16-35)40-23-31-19-32(24-40)21-33(20-31)25-40)37(42-39(44)46-27-30-9-5-2-6-10-30)22-28-11-17-36(18-12-28)45-26-29-7-3-1-4-8-29/h1-18,31-33,37H,19-27H2,(H,41,43)(H,42,44)/t31?,32?,33?,37-,40?/m1/s1. The minimum Gasteiger partial charge on any atom is -0.489 e. The van der Waals surface area contributed by atoms with Gasteiger partial charge in [0, 0.05) is 12.1 Å². The Balaban J connectivity index is 1.01. The van der Waals surface area contributed by atoms with E-state index in [9.17, 15) is 9.59 Å². The molecule has 4 aromatic rings. The molecule has 4 fully saturated rings. The molecule has 0 aromatic heterocycles. The van der Waals surface area contributed by atoms with E-state index >= 15 is 0 Å². The van der Waals surface area contributed by atoms with Crippen molar-refractivity contribution in [2.45, 2.75) is 69.6 Å². The highest BCUT2D eigenvalue weighted by Gasteiger charge is 2.51. The third kappa shape index (κ3) is 7.12. The normalized spacial score (nSPS) is 23.3. The summed E-state index contributed by atoms with van der Waals surface area (Å²) >= 11 is 0. The Labute approximate surface area is 271 Å². The molecule has 4 saturated carbocycles. The van der Waals surface area contributed by atoms with Gasteiger partial charge in [-0.05, 0) is 108 Å². The van der Waals surface area contributed by atoms with Gasteiger partial charge in [0.1, 0.15) is 25.0 Å². The molecule has 4 aliphatic rings. The van der Waals surface area contributed by atoms with Gasteiger partial charge in [-0.15, -0.1) is 0 Å². The lowest BCUT2D eigenvalue weighted by Gasteiger charge is -2.57. The molecule has 6 nitrogen and oxygen atoms in total. The number of alkyl carbamates (subject to hydrolysis) is 1. The molecule has 0 saturated heterocycles. The van der Waals surface area contributed by atoms with Gasteiger partial charge in [-0.3, -0.25) is 4.79 Å². The fourth-order valence-electron chi connectivity index (χ4n) is 8.42. The fraction of sp³-hybridized carbons (Fsp3) is 0.350. The first kappa shape index (κ1) is 30.1. The molecule has 4 aliphatic carbocycles. The Bertz CT molecular complexity index is 1580. The molecule has 2 N–H and O–H groups in total. The average Bonchev–Trinajstić information content (AvgIpc) is 3.07. The van der Waals surface area contributed by atoms with E-state index in [1.807, 2.05) is 97.1 Å². The topological polar surface area (TPSA) is 76.7 Å². The predicted octanol–water partition coefficient (Wildman–Crippen LogP) is 8.21. The summed E-state index contributed by atoms with van der Waals surface area (Å²) in [6, 6.07) is 34.8. The summed E-state index contributed by atoms with van der Waals surface area (Å²) in [7, 11) is 0. The van der Waals surface area contributed by atoms with E-state index in [1.165, 1.54) is 44.1 Å². The van der Waals surface area contributed by atoms with Gasteiger partial charge in [0.15, 0.2) is 0 Å². The average molecular weight is 615 g/mol. The van der Waals surface area contributed by atoms with Crippen molar-refractivity contribution >= 4 is 17.7 Å². The third-order valence-corrected chi connectivity index (χ3v) is 10.2. The van der Waals surface area contributed by atoms with E-state index in [0.29, 0.717) is 18.4 Å². The van der Waals surface area contributed by atoms with Crippen LogP contribution in [-0.2, 0) is 34.6 Å². The first-order valence-electron chi connectivity index (χ1n) is 16.6. The summed E-state index contributed by atoms with van der Waals surface area (Å²) < 4.78 is 11.4. The molecule has 0 spiro atoms. The first-order valence-corrected chi connectivity index (χ1v) is 16.6. The van der Waals surface area contributed by atoms with Crippen LogP contribution in [0.1, 0.15) is 60.8 Å². The van der Waals surface area contributed by atoms with Crippen LogP contribution < -0.4 is 15.4 Å². The van der Waals surface area contributed by atoms with Crippen molar-refractivity contribution in [2.24, 2.45) is 17.8 Å². The Kier molecular flexibility index (Phi) is 8.78. The molecule has 0 radical (unpaired) electrons. The van der Waals surface area contributed by atoms with Gasteiger partial charge in [-0.25, -0.2) is 4.79 Å². The lowest BCUT2D eigenvalue weighted by molar-refractivity contribution is -0.118. The van der Waals surface area contributed by atoms with E-state index in [0.717, 1.165) is 45.9 Å². The number of amides is 2. The second-order valence-corrected chi connectivity index (χ2v) is 13.6. The van der Waals surface area contributed by atoms with Crippen LogP contribution in [0.3, 0.4) is 0 Å². The summed E-state index contributed by atoms with van der Waals surface area (Å²) in [5, 5.41) is 5.87. The Morgan fingerprint density at radius 3 is 1.83 bits per heavy atom. The molecule has 0 unspecified atom stereocenters. The minimum atomic E-state index is -0.831. The molecule has 236 valence electrons. The van der Waals surface area contributed by atoms with Gasteiger partial charge >= 0.3 is 6.09 Å². The lowest BCUT2D eigenvalue weighted by atomic mass is 9.48. The molecule has 46 heavy (non-hydrogen) atoms. The maximum Gasteiger partial charge on any atom is 0.408 e. The van der Waals surface area contributed by atoms with Gasteiger partial charge in [0.05, 0.1) is 0 Å². The Morgan fingerprint density at radius 2 is 1.24 bits per heavy atom. The van der Waals surface area contributed by atoms with Crippen molar-refractivity contribution in [1.29, 1.82) is 0 Å². The zero-order valence-corrected chi connectivity index (χ0v) is 26.2. The summed E-state index contributed by atoms with van der Waals surface area (Å²) in [6.07, 6.45) is 7.82. The number of anilines is 1. The zero-order chi connectivity index (χ0) is 31.3. The fourth-order valence-corrected chi connectivity index (χ4v) is 8.42. The number of hydrogen-bond donors (Lipinski definition) is 2. The lowest BCUT2D eigenvalue weighted by Crippen LogP contribution is -2.48. The largest absolute Gasteiger partial charge is 0.489 e. The van der Waals surface area contributed by atoms with Gasteiger partial charge < -0.3 is 20.1 Å². The highest BCUT2D eigenvalue weighted by Crippen LogP contribution is 2.60. The van der Waals surface area contributed by atoms with Crippen LogP contribution in [0.15, 0.2) is 109 Å². The third-order valence-electron chi connectivity index (χ3n) is 10.2. The van der Waals surface area contributed by atoms with Crippen molar-refractivity contribution in [3.63, 3.8) is 0 Å². The van der Waals surface area contributed by atoms with Crippen molar-refractivity contribution < 1.29 is 19.1 Å². The van der Waals surface area contributed by atoms with Crippen LogP contribution in [-0.4, -0.2) is 18.0 Å². The van der Waals surface area contributed by atoms with Crippen LogP contribution >= 0.6 is 0 Å². The second-order valence-electron chi connectivity index (χ2n) is 13.6. The van der Waals surface area contributed by atoms with Crippen molar-refractivity contribution in [1.82, 2.24) is 5.32 Å². The Morgan fingerprint density at radius 1 is 0.674 bits per heavy atom. The number of rotatable bonds is 11. The van der Waals surface area contributed by atoms with Crippen LogP contribution in [0.5, 0.6) is 5.75 Å². The molecule has 0 aliphatic heterocycles. The van der Waals surface area contributed by atoms with E-state index in [-0.39, 0.29) is 12.5 Å². The molecule has 8 rings (SSSR count).